The predicted molar refractivity (Wildman–Crippen MR) is 86.5 cm³/mol. The van der Waals surface area contributed by atoms with Crippen molar-refractivity contribution in [2.45, 2.75) is 45.6 Å². The van der Waals surface area contributed by atoms with Crippen molar-refractivity contribution < 1.29 is 0 Å². The Kier molecular flexibility index (Phi) is 3.62. The molecule has 1 aliphatic rings. The molecular weight excluding hydrogens is 262 g/mol. The molecule has 0 amide bonds. The van der Waals surface area contributed by atoms with Gasteiger partial charge in [0.25, 0.3) is 5.56 Å². The first kappa shape index (κ1) is 14.0. The van der Waals surface area contributed by atoms with Crippen LogP contribution < -0.4 is 10.9 Å². The lowest BCUT2D eigenvalue weighted by Crippen LogP contribution is -2.38. The lowest BCUT2D eigenvalue weighted by Gasteiger charge is -2.39. The summed E-state index contributed by atoms with van der Waals surface area (Å²) in [6.07, 6.45) is 5.17. The first-order valence-electron chi connectivity index (χ1n) is 7.69. The third-order valence-corrected chi connectivity index (χ3v) is 4.64. The lowest BCUT2D eigenvalue weighted by atomic mass is 9.73. The van der Waals surface area contributed by atoms with Gasteiger partial charge >= 0.3 is 0 Å². The summed E-state index contributed by atoms with van der Waals surface area (Å²) in [5, 5.41) is 9.11. The van der Waals surface area contributed by atoms with Crippen LogP contribution in [0.25, 0.3) is 11.3 Å². The molecule has 1 aromatic carbocycles. The molecule has 1 aliphatic carbocycles. The van der Waals surface area contributed by atoms with Crippen molar-refractivity contribution >= 4 is 5.69 Å². The van der Waals surface area contributed by atoms with Gasteiger partial charge in [-0.1, -0.05) is 38.8 Å². The van der Waals surface area contributed by atoms with Crippen LogP contribution in [-0.4, -0.2) is 16.2 Å². The second kappa shape index (κ2) is 5.43. The molecule has 0 bridgehead atoms. The first-order chi connectivity index (χ1) is 10.0. The smallest absolute Gasteiger partial charge is 0.264 e. The van der Waals surface area contributed by atoms with E-state index in [1.807, 2.05) is 12.1 Å². The molecule has 1 heterocycles. The lowest BCUT2D eigenvalue weighted by molar-refractivity contribution is 0.217. The molecule has 2 aromatic rings. The number of rotatable bonds is 3. The maximum atomic E-state index is 11.2. The van der Waals surface area contributed by atoms with E-state index in [1.165, 1.54) is 25.7 Å². The van der Waals surface area contributed by atoms with Crippen molar-refractivity contribution in [2.75, 3.05) is 5.32 Å². The number of aromatic amines is 2. The molecule has 3 N–H and O–H groups in total. The van der Waals surface area contributed by atoms with Crippen molar-refractivity contribution in [3.8, 4) is 11.3 Å². The number of hydrogen-bond acceptors (Lipinski definition) is 2. The predicted octanol–water partition coefficient (Wildman–Crippen LogP) is 3.75. The highest BCUT2D eigenvalue weighted by Crippen LogP contribution is 2.37. The van der Waals surface area contributed by atoms with Crippen LogP contribution in [0.3, 0.4) is 0 Å². The summed E-state index contributed by atoms with van der Waals surface area (Å²) in [5.74, 6) is 0. The Hall–Kier alpha value is -1.97. The van der Waals surface area contributed by atoms with Crippen LogP contribution in [0, 0.1) is 5.41 Å². The summed E-state index contributed by atoms with van der Waals surface area (Å²) in [6.45, 7) is 4.70. The zero-order valence-electron chi connectivity index (χ0n) is 12.7. The summed E-state index contributed by atoms with van der Waals surface area (Å²) in [6, 6.07) is 10.4. The highest BCUT2D eigenvalue weighted by Gasteiger charge is 2.31. The second-order valence-corrected chi connectivity index (χ2v) is 6.68. The molecule has 3 rings (SSSR count). The quantitative estimate of drug-likeness (QED) is 0.804. The van der Waals surface area contributed by atoms with E-state index in [-0.39, 0.29) is 5.56 Å². The van der Waals surface area contributed by atoms with Crippen LogP contribution in [0.5, 0.6) is 0 Å². The zero-order valence-corrected chi connectivity index (χ0v) is 12.7. The summed E-state index contributed by atoms with van der Waals surface area (Å²) in [4.78, 5) is 11.2. The molecule has 4 heteroatoms. The van der Waals surface area contributed by atoms with Crippen LogP contribution in [0.15, 0.2) is 35.1 Å². The number of H-pyrrole nitrogens is 2. The van der Waals surface area contributed by atoms with Gasteiger partial charge in [0.2, 0.25) is 0 Å². The molecule has 21 heavy (non-hydrogen) atoms. The summed E-state index contributed by atoms with van der Waals surface area (Å²) < 4.78 is 0. The van der Waals surface area contributed by atoms with Crippen LogP contribution >= 0.6 is 0 Å². The molecule has 4 nitrogen and oxygen atoms in total. The highest BCUT2D eigenvalue weighted by molar-refractivity contribution is 5.62. The standard InChI is InChI=1S/C17H23N3O/c1-17(2)10-4-3-5-15(17)18-13-8-6-12(7-9-13)14-11-16(21)20-19-14/h6-9,11,15,18H,3-5,10H2,1-2H3,(H2,19,20,21). The molecule has 1 fully saturated rings. The second-order valence-electron chi connectivity index (χ2n) is 6.68. The van der Waals surface area contributed by atoms with Gasteiger partial charge in [-0.3, -0.25) is 15.0 Å². The van der Waals surface area contributed by atoms with Crippen LogP contribution in [0.2, 0.25) is 0 Å². The van der Waals surface area contributed by atoms with Gasteiger partial charge in [-0.05, 0) is 36.0 Å². The molecule has 0 saturated heterocycles. The van der Waals surface area contributed by atoms with E-state index in [0.717, 1.165) is 16.9 Å². The molecular formula is C17H23N3O. The molecule has 1 unspecified atom stereocenters. The van der Waals surface area contributed by atoms with Gasteiger partial charge in [-0.15, -0.1) is 0 Å². The Labute approximate surface area is 125 Å². The third kappa shape index (κ3) is 3.04. The minimum Gasteiger partial charge on any atom is -0.382 e. The Morgan fingerprint density at radius 1 is 1.14 bits per heavy atom. The minimum absolute atomic E-state index is 0.101. The molecule has 1 aromatic heterocycles. The van der Waals surface area contributed by atoms with E-state index < -0.39 is 0 Å². The van der Waals surface area contributed by atoms with Crippen molar-refractivity contribution in [1.82, 2.24) is 10.2 Å². The van der Waals surface area contributed by atoms with Crippen LogP contribution in [-0.2, 0) is 0 Å². The zero-order chi connectivity index (χ0) is 14.9. The fourth-order valence-corrected chi connectivity index (χ4v) is 3.20. The van der Waals surface area contributed by atoms with Crippen molar-refractivity contribution in [1.29, 1.82) is 0 Å². The number of anilines is 1. The van der Waals surface area contributed by atoms with Gasteiger partial charge in [0.1, 0.15) is 0 Å². The van der Waals surface area contributed by atoms with E-state index in [9.17, 15) is 4.79 Å². The Morgan fingerprint density at radius 2 is 1.90 bits per heavy atom. The fourth-order valence-electron chi connectivity index (χ4n) is 3.20. The van der Waals surface area contributed by atoms with Crippen molar-refractivity contribution in [3.05, 3.63) is 40.7 Å². The van der Waals surface area contributed by atoms with Crippen molar-refractivity contribution in [3.63, 3.8) is 0 Å². The first-order valence-corrected chi connectivity index (χ1v) is 7.69. The maximum Gasteiger partial charge on any atom is 0.264 e. The molecule has 1 atom stereocenters. The molecule has 0 radical (unpaired) electrons. The largest absolute Gasteiger partial charge is 0.382 e. The van der Waals surface area contributed by atoms with Gasteiger partial charge in [0.05, 0.1) is 5.69 Å². The molecule has 1 saturated carbocycles. The monoisotopic (exact) mass is 285 g/mol. The fraction of sp³-hybridized carbons (Fsp3) is 0.471. The Morgan fingerprint density at radius 3 is 2.52 bits per heavy atom. The number of nitrogens with one attached hydrogen (secondary N) is 3. The third-order valence-electron chi connectivity index (χ3n) is 4.64. The van der Waals surface area contributed by atoms with Gasteiger partial charge < -0.3 is 5.32 Å². The van der Waals surface area contributed by atoms with Crippen molar-refractivity contribution in [2.24, 2.45) is 5.41 Å². The summed E-state index contributed by atoms with van der Waals surface area (Å²) in [7, 11) is 0. The topological polar surface area (TPSA) is 60.7 Å². The summed E-state index contributed by atoms with van der Waals surface area (Å²) >= 11 is 0. The van der Waals surface area contributed by atoms with Gasteiger partial charge in [-0.25, -0.2) is 0 Å². The number of hydrogen-bond donors (Lipinski definition) is 3. The minimum atomic E-state index is -0.101. The maximum absolute atomic E-state index is 11.2. The Bertz CT molecular complexity index is 651. The normalized spacial score (nSPS) is 21.1. The van der Waals surface area contributed by atoms with E-state index in [4.69, 9.17) is 0 Å². The van der Waals surface area contributed by atoms with Gasteiger partial charge in [-0.2, -0.15) is 0 Å². The van der Waals surface area contributed by atoms with Gasteiger partial charge in [0.15, 0.2) is 0 Å². The number of aromatic nitrogens is 2. The average molecular weight is 285 g/mol. The highest BCUT2D eigenvalue weighted by atomic mass is 16.1. The van der Waals surface area contributed by atoms with Crippen LogP contribution in [0.4, 0.5) is 5.69 Å². The molecule has 0 aliphatic heterocycles. The van der Waals surface area contributed by atoms with E-state index >= 15 is 0 Å². The van der Waals surface area contributed by atoms with E-state index in [0.29, 0.717) is 11.5 Å². The van der Waals surface area contributed by atoms with E-state index in [2.05, 4.69) is 41.5 Å². The van der Waals surface area contributed by atoms with E-state index in [1.54, 1.807) is 6.07 Å². The summed E-state index contributed by atoms with van der Waals surface area (Å²) in [5.41, 5.74) is 3.24. The van der Waals surface area contributed by atoms with Gasteiger partial charge in [0, 0.05) is 17.8 Å². The molecule has 112 valence electrons. The Balaban J connectivity index is 1.74. The SMILES string of the molecule is CC1(C)CCCCC1Nc1ccc(-c2cc(=O)[nH][nH]2)cc1. The number of benzene rings is 1. The molecule has 0 spiro atoms. The van der Waals surface area contributed by atoms with Crippen LogP contribution in [0.1, 0.15) is 39.5 Å². The average Bonchev–Trinajstić information content (AvgIpc) is 2.89.